The first-order valence-corrected chi connectivity index (χ1v) is 3.94. The van der Waals surface area contributed by atoms with E-state index in [9.17, 15) is 4.79 Å². The fourth-order valence-corrected chi connectivity index (χ4v) is 0.699. The molecule has 74 valence electrons. The van der Waals surface area contributed by atoms with Gasteiger partial charge in [-0.15, -0.1) is 6.58 Å². The molecule has 0 amide bonds. The third kappa shape index (κ3) is 6.07. The molecule has 0 radical (unpaired) electrons. The molecule has 4 heteroatoms. The van der Waals surface area contributed by atoms with E-state index in [4.69, 9.17) is 14.9 Å². The molecule has 2 N–H and O–H groups in total. The van der Waals surface area contributed by atoms with Crippen molar-refractivity contribution in [2.45, 2.75) is 6.42 Å². The molecule has 0 spiro atoms. The number of aliphatic hydroxyl groups excluding tert-OH is 1. The van der Waals surface area contributed by atoms with E-state index in [0.29, 0.717) is 13.0 Å². The Bertz CT molecular complexity index is 196. The van der Waals surface area contributed by atoms with Gasteiger partial charge in [0, 0.05) is 6.61 Å². The van der Waals surface area contributed by atoms with Gasteiger partial charge in [-0.05, 0) is 6.42 Å². The molecule has 0 aliphatic heterocycles. The Hall–Kier alpha value is -1.13. The molecule has 0 saturated heterocycles. The van der Waals surface area contributed by atoms with Crippen LogP contribution < -0.4 is 0 Å². The Morgan fingerprint density at radius 2 is 2.23 bits per heavy atom. The lowest BCUT2D eigenvalue weighted by Crippen LogP contribution is -2.08. The lowest BCUT2D eigenvalue weighted by molar-refractivity contribution is -0.133. The minimum Gasteiger partial charge on any atom is -0.478 e. The summed E-state index contributed by atoms with van der Waals surface area (Å²) < 4.78 is 4.95. The molecule has 0 aromatic rings. The zero-order chi connectivity index (χ0) is 10.1. The summed E-state index contributed by atoms with van der Waals surface area (Å²) in [7, 11) is 0. The van der Waals surface area contributed by atoms with Crippen molar-refractivity contribution < 1.29 is 19.7 Å². The third-order valence-electron chi connectivity index (χ3n) is 1.29. The highest BCUT2D eigenvalue weighted by Crippen LogP contribution is 1.98. The predicted octanol–water partition coefficient (Wildman–Crippen LogP) is 0.582. The van der Waals surface area contributed by atoms with Gasteiger partial charge in [-0.3, -0.25) is 0 Å². The van der Waals surface area contributed by atoms with Crippen LogP contribution in [0.25, 0.3) is 0 Å². The molecule has 0 unspecified atom stereocenters. The number of carboxylic acids is 1. The van der Waals surface area contributed by atoms with Crippen molar-refractivity contribution in [2.75, 3.05) is 19.8 Å². The van der Waals surface area contributed by atoms with Crippen molar-refractivity contribution >= 4 is 5.97 Å². The Morgan fingerprint density at radius 1 is 1.54 bits per heavy atom. The van der Waals surface area contributed by atoms with Gasteiger partial charge < -0.3 is 14.9 Å². The number of aliphatic carboxylic acids is 1. The van der Waals surface area contributed by atoms with Crippen LogP contribution in [0, 0.1) is 0 Å². The fourth-order valence-electron chi connectivity index (χ4n) is 0.699. The fraction of sp³-hybridized carbons (Fsp3) is 0.444. The molecule has 0 aromatic heterocycles. The SMILES string of the molecule is C=CCOCC(=CCCO)C(=O)O. The molecular weight excluding hydrogens is 172 g/mol. The third-order valence-corrected chi connectivity index (χ3v) is 1.29. The van der Waals surface area contributed by atoms with Crippen molar-refractivity contribution in [2.24, 2.45) is 0 Å². The van der Waals surface area contributed by atoms with E-state index in [1.165, 1.54) is 6.08 Å². The summed E-state index contributed by atoms with van der Waals surface area (Å²) in [5, 5.41) is 17.1. The summed E-state index contributed by atoms with van der Waals surface area (Å²) in [6, 6.07) is 0. The van der Waals surface area contributed by atoms with Crippen molar-refractivity contribution in [1.82, 2.24) is 0 Å². The average molecular weight is 186 g/mol. The Morgan fingerprint density at radius 3 is 2.69 bits per heavy atom. The zero-order valence-corrected chi connectivity index (χ0v) is 7.40. The lowest BCUT2D eigenvalue weighted by atomic mass is 10.2. The summed E-state index contributed by atoms with van der Waals surface area (Å²) in [6.07, 6.45) is 3.33. The maximum absolute atomic E-state index is 10.5. The predicted molar refractivity (Wildman–Crippen MR) is 48.4 cm³/mol. The van der Waals surface area contributed by atoms with Crippen molar-refractivity contribution in [3.63, 3.8) is 0 Å². The lowest BCUT2D eigenvalue weighted by Gasteiger charge is -2.01. The van der Waals surface area contributed by atoms with Crippen molar-refractivity contribution in [3.05, 3.63) is 24.3 Å². The van der Waals surface area contributed by atoms with Crippen LogP contribution in [-0.2, 0) is 9.53 Å². The topological polar surface area (TPSA) is 66.8 Å². The molecule has 0 saturated carbocycles. The van der Waals surface area contributed by atoms with Crippen LogP contribution in [0.4, 0.5) is 0 Å². The van der Waals surface area contributed by atoms with Crippen molar-refractivity contribution in [1.29, 1.82) is 0 Å². The first kappa shape index (κ1) is 11.9. The molecule has 13 heavy (non-hydrogen) atoms. The van der Waals surface area contributed by atoms with Crippen LogP contribution in [0.3, 0.4) is 0 Å². The van der Waals surface area contributed by atoms with Gasteiger partial charge in [-0.2, -0.15) is 0 Å². The molecular formula is C9H14O4. The first-order valence-electron chi connectivity index (χ1n) is 3.94. The summed E-state index contributed by atoms with van der Waals surface area (Å²) >= 11 is 0. The second kappa shape index (κ2) is 7.52. The zero-order valence-electron chi connectivity index (χ0n) is 7.40. The van der Waals surface area contributed by atoms with Crippen molar-refractivity contribution in [3.8, 4) is 0 Å². The number of rotatable bonds is 7. The molecule has 0 heterocycles. The van der Waals surface area contributed by atoms with Crippen LogP contribution >= 0.6 is 0 Å². The van der Waals surface area contributed by atoms with E-state index in [0.717, 1.165) is 0 Å². The van der Waals surface area contributed by atoms with Gasteiger partial charge in [-0.1, -0.05) is 12.2 Å². The van der Waals surface area contributed by atoms with E-state index in [2.05, 4.69) is 6.58 Å². The van der Waals surface area contributed by atoms with Crippen LogP contribution in [0.5, 0.6) is 0 Å². The molecule has 0 aliphatic carbocycles. The van der Waals surface area contributed by atoms with Gasteiger partial charge in [0.25, 0.3) is 0 Å². The minimum atomic E-state index is -1.02. The number of ether oxygens (including phenoxy) is 1. The number of hydrogen-bond acceptors (Lipinski definition) is 3. The summed E-state index contributed by atoms with van der Waals surface area (Å²) in [5.74, 6) is -1.02. The van der Waals surface area contributed by atoms with Gasteiger partial charge in [0.05, 0.1) is 18.8 Å². The van der Waals surface area contributed by atoms with Crippen LogP contribution in [-0.4, -0.2) is 36.0 Å². The standard InChI is InChI=1S/C9H14O4/c1-2-6-13-7-8(9(11)12)4-3-5-10/h2,4,10H,1,3,5-7H2,(H,11,12). The number of aliphatic hydroxyl groups is 1. The van der Waals surface area contributed by atoms with Crippen LogP contribution in [0.15, 0.2) is 24.3 Å². The number of carbonyl (C=O) groups is 1. The van der Waals surface area contributed by atoms with Gasteiger partial charge in [0.15, 0.2) is 0 Å². The second-order valence-corrected chi connectivity index (χ2v) is 2.35. The van der Waals surface area contributed by atoms with Gasteiger partial charge >= 0.3 is 5.97 Å². The highest BCUT2D eigenvalue weighted by atomic mass is 16.5. The second-order valence-electron chi connectivity index (χ2n) is 2.35. The number of carboxylic acid groups (broad SMARTS) is 1. The Kier molecular flexibility index (Phi) is 6.86. The molecule has 0 bridgehead atoms. The van der Waals surface area contributed by atoms with Gasteiger partial charge in [-0.25, -0.2) is 4.79 Å². The van der Waals surface area contributed by atoms with Gasteiger partial charge in [0.1, 0.15) is 0 Å². The molecule has 0 aliphatic rings. The molecule has 0 fully saturated rings. The maximum Gasteiger partial charge on any atom is 0.333 e. The quantitative estimate of drug-likeness (QED) is 0.347. The van der Waals surface area contributed by atoms with E-state index in [1.807, 2.05) is 0 Å². The summed E-state index contributed by atoms with van der Waals surface area (Å²) in [4.78, 5) is 10.5. The molecule has 0 atom stereocenters. The monoisotopic (exact) mass is 186 g/mol. The maximum atomic E-state index is 10.5. The highest BCUT2D eigenvalue weighted by Gasteiger charge is 2.05. The average Bonchev–Trinajstić information content (AvgIpc) is 2.10. The first-order chi connectivity index (χ1) is 6.22. The number of hydrogen-bond donors (Lipinski definition) is 2. The van der Waals surface area contributed by atoms with E-state index < -0.39 is 5.97 Å². The van der Waals surface area contributed by atoms with Crippen LogP contribution in [0.2, 0.25) is 0 Å². The normalized spacial score (nSPS) is 11.3. The highest BCUT2D eigenvalue weighted by molar-refractivity contribution is 5.86. The van der Waals surface area contributed by atoms with Crippen LogP contribution in [0.1, 0.15) is 6.42 Å². The minimum absolute atomic E-state index is 0.0430. The van der Waals surface area contributed by atoms with E-state index in [-0.39, 0.29) is 18.8 Å². The van der Waals surface area contributed by atoms with Gasteiger partial charge in [0.2, 0.25) is 0 Å². The molecule has 0 aromatic carbocycles. The molecule has 0 rings (SSSR count). The molecule has 4 nitrogen and oxygen atoms in total. The largest absolute Gasteiger partial charge is 0.478 e. The summed E-state index contributed by atoms with van der Waals surface area (Å²) in [5.41, 5.74) is 0.163. The summed E-state index contributed by atoms with van der Waals surface area (Å²) in [6.45, 7) is 3.74. The van der Waals surface area contributed by atoms with E-state index >= 15 is 0 Å². The smallest absolute Gasteiger partial charge is 0.333 e. The Balaban J connectivity index is 3.94. The Labute approximate surface area is 77.1 Å². The van der Waals surface area contributed by atoms with E-state index in [1.54, 1.807) is 6.08 Å².